The fraction of sp³-hybridized carbons (Fsp3) is 1.00. The van der Waals surface area contributed by atoms with Crippen molar-refractivity contribution in [3.63, 3.8) is 0 Å². The van der Waals surface area contributed by atoms with E-state index in [9.17, 15) is 0 Å². The maximum Gasteiger partial charge on any atom is 0.0630 e. The Bertz CT molecular complexity index is 173. The molecule has 2 unspecified atom stereocenters. The molecule has 0 aromatic carbocycles. The van der Waals surface area contributed by atoms with Gasteiger partial charge in [-0.05, 0) is 26.3 Å². The minimum absolute atomic E-state index is 0.537. The molecule has 1 aliphatic heterocycles. The normalized spacial score (nSPS) is 25.0. The number of methoxy groups -OCH3 is 1. The van der Waals surface area contributed by atoms with E-state index in [4.69, 9.17) is 4.74 Å². The number of rotatable bonds is 6. The molecule has 0 saturated carbocycles. The molecule has 0 aromatic heterocycles. The van der Waals surface area contributed by atoms with Crippen LogP contribution in [0.5, 0.6) is 0 Å². The summed E-state index contributed by atoms with van der Waals surface area (Å²) in [4.78, 5) is 2.58. The fourth-order valence-electron chi connectivity index (χ4n) is 2.33. The Morgan fingerprint density at radius 3 is 2.67 bits per heavy atom. The number of hydrogen-bond donors (Lipinski definition) is 1. The lowest BCUT2D eigenvalue weighted by Gasteiger charge is -2.31. The average molecular weight is 214 g/mol. The maximum atomic E-state index is 5.32. The van der Waals surface area contributed by atoms with Gasteiger partial charge in [-0.3, -0.25) is 4.90 Å². The van der Waals surface area contributed by atoms with Gasteiger partial charge in [-0.2, -0.15) is 0 Å². The molecule has 90 valence electrons. The first kappa shape index (κ1) is 12.9. The topological polar surface area (TPSA) is 24.5 Å². The molecule has 1 N–H and O–H groups in total. The van der Waals surface area contributed by atoms with Crippen molar-refractivity contribution in [3.05, 3.63) is 0 Å². The zero-order valence-corrected chi connectivity index (χ0v) is 10.6. The van der Waals surface area contributed by atoms with Gasteiger partial charge >= 0.3 is 0 Å². The van der Waals surface area contributed by atoms with E-state index in [0.29, 0.717) is 12.1 Å². The Balaban J connectivity index is 2.41. The Kier molecular flexibility index (Phi) is 5.58. The summed E-state index contributed by atoms with van der Waals surface area (Å²) in [6, 6.07) is 1.82. The van der Waals surface area contributed by atoms with Gasteiger partial charge in [0.1, 0.15) is 0 Å². The van der Waals surface area contributed by atoms with Gasteiger partial charge in [0.05, 0.1) is 6.61 Å². The Morgan fingerprint density at radius 2 is 2.20 bits per heavy atom. The quantitative estimate of drug-likeness (QED) is 0.725. The second-order valence-corrected chi connectivity index (χ2v) is 4.90. The van der Waals surface area contributed by atoms with E-state index in [1.807, 2.05) is 0 Å². The van der Waals surface area contributed by atoms with Gasteiger partial charge in [-0.25, -0.2) is 0 Å². The highest BCUT2D eigenvalue weighted by Gasteiger charge is 2.27. The van der Waals surface area contributed by atoms with Crippen LogP contribution in [0.25, 0.3) is 0 Å². The third kappa shape index (κ3) is 4.09. The molecule has 0 bridgehead atoms. The van der Waals surface area contributed by atoms with Gasteiger partial charge in [0.25, 0.3) is 0 Å². The number of nitrogens with zero attached hydrogens (tertiary/aromatic N) is 1. The number of hydrogen-bond acceptors (Lipinski definition) is 3. The Hall–Kier alpha value is -0.120. The molecule has 1 rings (SSSR count). The van der Waals surface area contributed by atoms with Crippen molar-refractivity contribution in [2.45, 2.75) is 51.7 Å². The van der Waals surface area contributed by atoms with Gasteiger partial charge in [-0.15, -0.1) is 0 Å². The molecular formula is C12H26N2O. The molecule has 3 heteroatoms. The Labute approximate surface area is 94.2 Å². The predicted molar refractivity (Wildman–Crippen MR) is 64.2 cm³/mol. The minimum atomic E-state index is 0.537. The zero-order valence-electron chi connectivity index (χ0n) is 10.6. The second kappa shape index (κ2) is 6.46. The average Bonchev–Trinajstić information content (AvgIpc) is 2.59. The molecule has 1 heterocycles. The second-order valence-electron chi connectivity index (χ2n) is 4.90. The van der Waals surface area contributed by atoms with Gasteiger partial charge in [0.15, 0.2) is 0 Å². The van der Waals surface area contributed by atoms with E-state index in [-0.39, 0.29) is 0 Å². The minimum Gasteiger partial charge on any atom is -0.383 e. The maximum absolute atomic E-state index is 5.32. The van der Waals surface area contributed by atoms with E-state index in [0.717, 1.165) is 19.2 Å². The molecule has 3 nitrogen and oxygen atoms in total. The van der Waals surface area contributed by atoms with Crippen LogP contribution in [0, 0.1) is 0 Å². The molecule has 15 heavy (non-hydrogen) atoms. The summed E-state index contributed by atoms with van der Waals surface area (Å²) in [7, 11) is 1.79. The van der Waals surface area contributed by atoms with E-state index in [1.54, 1.807) is 7.11 Å². The van der Waals surface area contributed by atoms with E-state index >= 15 is 0 Å². The van der Waals surface area contributed by atoms with Gasteiger partial charge in [0.2, 0.25) is 0 Å². The van der Waals surface area contributed by atoms with E-state index in [1.165, 1.54) is 19.4 Å². The van der Waals surface area contributed by atoms with Crippen LogP contribution in [0.4, 0.5) is 0 Å². The summed E-state index contributed by atoms with van der Waals surface area (Å²) in [5, 5.41) is 3.51. The van der Waals surface area contributed by atoms with Crippen molar-refractivity contribution in [2.24, 2.45) is 0 Å². The van der Waals surface area contributed by atoms with Crippen LogP contribution in [0.15, 0.2) is 0 Å². The van der Waals surface area contributed by atoms with Gasteiger partial charge in [0, 0.05) is 31.8 Å². The van der Waals surface area contributed by atoms with Crippen LogP contribution >= 0.6 is 0 Å². The van der Waals surface area contributed by atoms with Crippen LogP contribution in [0.2, 0.25) is 0 Å². The molecule has 0 aromatic rings. The lowest BCUT2D eigenvalue weighted by molar-refractivity contribution is 0.0842. The van der Waals surface area contributed by atoms with Crippen LogP contribution in [0.3, 0.4) is 0 Å². The van der Waals surface area contributed by atoms with Crippen molar-refractivity contribution < 1.29 is 4.74 Å². The number of nitrogens with one attached hydrogen (secondary N) is 1. The first-order valence-electron chi connectivity index (χ1n) is 6.13. The van der Waals surface area contributed by atoms with Crippen molar-refractivity contribution in [2.75, 3.05) is 26.8 Å². The van der Waals surface area contributed by atoms with Crippen molar-refractivity contribution in [1.82, 2.24) is 10.2 Å². The Morgan fingerprint density at radius 1 is 1.47 bits per heavy atom. The van der Waals surface area contributed by atoms with E-state index in [2.05, 4.69) is 31.0 Å². The molecule has 1 fully saturated rings. The van der Waals surface area contributed by atoms with Crippen LogP contribution in [-0.4, -0.2) is 49.8 Å². The first-order chi connectivity index (χ1) is 7.15. The monoisotopic (exact) mass is 214 g/mol. The molecule has 0 spiro atoms. The molecule has 1 saturated heterocycles. The number of likely N-dealkylation sites (tertiary alicyclic amines) is 1. The van der Waals surface area contributed by atoms with Crippen molar-refractivity contribution in [1.29, 1.82) is 0 Å². The summed E-state index contributed by atoms with van der Waals surface area (Å²) in [5.74, 6) is 0. The molecule has 1 aliphatic rings. The number of ether oxygens (including phenoxy) is 1. The standard InChI is InChI=1S/C12H26N2O/c1-10(2)13-8-12(9-15-4)14-7-5-6-11(14)3/h10-13H,5-9H2,1-4H3. The zero-order chi connectivity index (χ0) is 11.3. The fourth-order valence-corrected chi connectivity index (χ4v) is 2.33. The van der Waals surface area contributed by atoms with Gasteiger partial charge in [-0.1, -0.05) is 13.8 Å². The largest absolute Gasteiger partial charge is 0.383 e. The summed E-state index contributed by atoms with van der Waals surface area (Å²) in [6.45, 7) is 9.81. The molecule has 0 amide bonds. The lowest BCUT2D eigenvalue weighted by Crippen LogP contribution is -2.47. The summed E-state index contributed by atoms with van der Waals surface area (Å²) < 4.78 is 5.32. The SMILES string of the molecule is COCC(CNC(C)C)N1CCCC1C. The highest BCUT2D eigenvalue weighted by Crippen LogP contribution is 2.19. The predicted octanol–water partition coefficient (Wildman–Crippen LogP) is 1.48. The van der Waals surface area contributed by atoms with E-state index < -0.39 is 0 Å². The first-order valence-corrected chi connectivity index (χ1v) is 6.13. The highest BCUT2D eigenvalue weighted by atomic mass is 16.5. The smallest absolute Gasteiger partial charge is 0.0630 e. The van der Waals surface area contributed by atoms with Gasteiger partial charge < -0.3 is 10.1 Å². The van der Waals surface area contributed by atoms with Crippen LogP contribution < -0.4 is 5.32 Å². The summed E-state index contributed by atoms with van der Waals surface area (Å²) in [6.07, 6.45) is 2.67. The van der Waals surface area contributed by atoms with Crippen molar-refractivity contribution >= 4 is 0 Å². The summed E-state index contributed by atoms with van der Waals surface area (Å²) >= 11 is 0. The molecule has 2 atom stereocenters. The lowest BCUT2D eigenvalue weighted by atomic mass is 10.2. The molecule has 0 aliphatic carbocycles. The third-order valence-corrected chi connectivity index (χ3v) is 3.19. The van der Waals surface area contributed by atoms with Crippen LogP contribution in [0.1, 0.15) is 33.6 Å². The highest BCUT2D eigenvalue weighted by molar-refractivity contribution is 4.83. The molecular weight excluding hydrogens is 188 g/mol. The summed E-state index contributed by atoms with van der Waals surface area (Å²) in [5.41, 5.74) is 0. The molecule has 0 radical (unpaired) electrons. The third-order valence-electron chi connectivity index (χ3n) is 3.19. The van der Waals surface area contributed by atoms with Crippen LogP contribution in [-0.2, 0) is 4.74 Å². The van der Waals surface area contributed by atoms with Crippen molar-refractivity contribution in [3.8, 4) is 0 Å².